The van der Waals surface area contributed by atoms with Crippen molar-refractivity contribution in [2.75, 3.05) is 13.6 Å². The Labute approximate surface area is 75.8 Å². The van der Waals surface area contributed by atoms with Crippen molar-refractivity contribution in [2.45, 2.75) is 12.5 Å². The zero-order chi connectivity index (χ0) is 9.59. The summed E-state index contributed by atoms with van der Waals surface area (Å²) in [5, 5.41) is 9.55. The molecule has 1 aliphatic carbocycles. The van der Waals surface area contributed by atoms with Gasteiger partial charge in [-0.25, -0.2) is 0 Å². The number of allylic oxidation sites excluding steroid dienone is 1. The highest BCUT2D eigenvalue weighted by atomic mass is 16.3. The third kappa shape index (κ3) is 1.18. The number of likely N-dealkylation sites (tertiary alicyclic amines) is 1. The predicted octanol–water partition coefficient (Wildman–Crippen LogP) is -0.665. The zero-order valence-electron chi connectivity index (χ0n) is 7.36. The van der Waals surface area contributed by atoms with Gasteiger partial charge in [-0.15, -0.1) is 0 Å². The molecular formula is C9H11NO3. The van der Waals surface area contributed by atoms with Crippen LogP contribution in [-0.2, 0) is 9.59 Å². The van der Waals surface area contributed by atoms with Gasteiger partial charge >= 0.3 is 0 Å². The summed E-state index contributed by atoms with van der Waals surface area (Å²) >= 11 is 0. The fraction of sp³-hybridized carbons (Fsp3) is 0.556. The summed E-state index contributed by atoms with van der Waals surface area (Å²) in [5.41, 5.74) is 0.803. The lowest BCUT2D eigenvalue weighted by Gasteiger charge is -2.19. The Hall–Kier alpha value is -1.16. The van der Waals surface area contributed by atoms with Crippen molar-refractivity contribution in [1.82, 2.24) is 4.90 Å². The number of aliphatic hydroxyl groups is 1. The van der Waals surface area contributed by atoms with Crippen molar-refractivity contribution >= 4 is 11.6 Å². The van der Waals surface area contributed by atoms with E-state index in [9.17, 15) is 14.7 Å². The zero-order valence-corrected chi connectivity index (χ0v) is 7.36. The maximum absolute atomic E-state index is 11.1. The van der Waals surface area contributed by atoms with Crippen molar-refractivity contribution in [3.8, 4) is 0 Å². The number of rotatable bonds is 0. The van der Waals surface area contributed by atoms with Crippen LogP contribution in [0.3, 0.4) is 0 Å². The number of ketones is 2. The molecule has 1 fully saturated rings. The van der Waals surface area contributed by atoms with Gasteiger partial charge in [0.2, 0.25) is 11.6 Å². The highest BCUT2D eigenvalue weighted by molar-refractivity contribution is 6.42. The molecule has 0 saturated carbocycles. The number of Topliss-reactive ketones (excluding diaryl/α,β-unsaturated/α-hetero) is 1. The highest BCUT2D eigenvalue weighted by Crippen LogP contribution is 2.32. The van der Waals surface area contributed by atoms with Crippen molar-refractivity contribution in [3.63, 3.8) is 0 Å². The number of carbonyl (C=O) groups excluding carboxylic acids is 2. The van der Waals surface area contributed by atoms with Crippen LogP contribution in [0.4, 0.5) is 0 Å². The van der Waals surface area contributed by atoms with Crippen LogP contribution < -0.4 is 0 Å². The molecule has 0 aromatic rings. The normalized spacial score (nSPS) is 33.4. The molecule has 0 aromatic carbocycles. The molecule has 1 aliphatic heterocycles. The summed E-state index contributed by atoms with van der Waals surface area (Å²) in [7, 11) is 1.82. The van der Waals surface area contributed by atoms with Gasteiger partial charge in [0.1, 0.15) is 0 Å². The summed E-state index contributed by atoms with van der Waals surface area (Å²) in [5.74, 6) is -0.981. The first-order valence-electron chi connectivity index (χ1n) is 4.27. The van der Waals surface area contributed by atoms with E-state index < -0.39 is 11.9 Å². The predicted molar refractivity (Wildman–Crippen MR) is 44.8 cm³/mol. The Kier molecular flexibility index (Phi) is 1.73. The molecule has 1 N–H and O–H groups in total. The largest absolute Gasteiger partial charge is 0.391 e. The van der Waals surface area contributed by atoms with E-state index in [1.54, 1.807) is 0 Å². The second kappa shape index (κ2) is 2.67. The standard InChI is InChI=1S/C9H11NO3/c1-10-4-9(13)5-2-7(11)8(12)3-6(5)10/h3,5,9,13H,2,4H2,1H3. The number of fused-ring (bicyclic) bond motifs is 1. The van der Waals surface area contributed by atoms with Gasteiger partial charge in [-0.1, -0.05) is 0 Å². The summed E-state index contributed by atoms with van der Waals surface area (Å²) in [6.07, 6.45) is 1.01. The van der Waals surface area contributed by atoms with Gasteiger partial charge in [-0.2, -0.15) is 0 Å². The van der Waals surface area contributed by atoms with Gasteiger partial charge in [0.25, 0.3) is 0 Å². The van der Waals surface area contributed by atoms with Gasteiger partial charge in [0, 0.05) is 37.7 Å². The first-order valence-corrected chi connectivity index (χ1v) is 4.27. The lowest BCUT2D eigenvalue weighted by Crippen LogP contribution is -2.28. The molecule has 1 saturated heterocycles. The molecule has 13 heavy (non-hydrogen) atoms. The van der Waals surface area contributed by atoms with Gasteiger partial charge in [0.05, 0.1) is 6.10 Å². The van der Waals surface area contributed by atoms with Crippen molar-refractivity contribution < 1.29 is 14.7 Å². The van der Waals surface area contributed by atoms with E-state index >= 15 is 0 Å². The summed E-state index contributed by atoms with van der Waals surface area (Å²) in [6.45, 7) is 0.511. The Balaban J connectivity index is 2.36. The van der Waals surface area contributed by atoms with Crippen LogP contribution in [-0.4, -0.2) is 41.3 Å². The molecule has 2 aliphatic rings. The Morgan fingerprint density at radius 3 is 2.92 bits per heavy atom. The van der Waals surface area contributed by atoms with Crippen molar-refractivity contribution in [2.24, 2.45) is 5.92 Å². The lowest BCUT2D eigenvalue weighted by atomic mass is 9.89. The summed E-state index contributed by atoms with van der Waals surface area (Å²) in [4.78, 5) is 24.0. The van der Waals surface area contributed by atoms with Crippen LogP contribution in [0, 0.1) is 5.92 Å². The molecule has 0 bridgehead atoms. The number of nitrogens with zero attached hydrogens (tertiary/aromatic N) is 1. The second-order valence-electron chi connectivity index (χ2n) is 3.62. The molecule has 2 unspecified atom stereocenters. The number of β-amino-alcohol motifs (C(OH)–C–C–N with tert-alkyl or cyclic N) is 1. The fourth-order valence-corrected chi connectivity index (χ4v) is 1.97. The Bertz CT molecular complexity index is 308. The first kappa shape index (κ1) is 8.44. The molecule has 1 heterocycles. The SMILES string of the molecule is CN1CC(O)C2CC(=O)C(=O)C=C21. The second-order valence-corrected chi connectivity index (χ2v) is 3.62. The fourth-order valence-electron chi connectivity index (χ4n) is 1.97. The number of likely N-dealkylation sites (N-methyl/N-ethyl adjacent to an activating group) is 1. The maximum Gasteiger partial charge on any atom is 0.223 e. The van der Waals surface area contributed by atoms with Gasteiger partial charge < -0.3 is 10.0 Å². The quantitative estimate of drug-likeness (QED) is 0.504. The average molecular weight is 181 g/mol. The highest BCUT2D eigenvalue weighted by Gasteiger charge is 2.39. The minimum absolute atomic E-state index is 0.157. The van der Waals surface area contributed by atoms with Crippen LogP contribution in [0.25, 0.3) is 0 Å². The van der Waals surface area contributed by atoms with Crippen molar-refractivity contribution in [1.29, 1.82) is 0 Å². The molecule has 0 amide bonds. The van der Waals surface area contributed by atoms with E-state index in [0.717, 1.165) is 5.70 Å². The van der Waals surface area contributed by atoms with Crippen LogP contribution in [0.1, 0.15) is 6.42 Å². The van der Waals surface area contributed by atoms with E-state index in [0.29, 0.717) is 6.54 Å². The molecule has 4 heteroatoms. The van der Waals surface area contributed by atoms with Crippen LogP contribution in [0.5, 0.6) is 0 Å². The molecular weight excluding hydrogens is 170 g/mol. The minimum atomic E-state index is -0.506. The third-order valence-corrected chi connectivity index (χ3v) is 2.71. The Morgan fingerprint density at radius 2 is 2.23 bits per heavy atom. The lowest BCUT2D eigenvalue weighted by molar-refractivity contribution is -0.135. The Morgan fingerprint density at radius 1 is 1.54 bits per heavy atom. The molecule has 2 atom stereocenters. The van der Waals surface area contributed by atoms with E-state index in [2.05, 4.69) is 0 Å². The third-order valence-electron chi connectivity index (χ3n) is 2.71. The van der Waals surface area contributed by atoms with Gasteiger partial charge in [0.15, 0.2) is 0 Å². The number of aliphatic hydroxyl groups excluding tert-OH is 1. The summed E-state index contributed by atoms with van der Waals surface area (Å²) in [6, 6.07) is 0. The first-order chi connectivity index (χ1) is 6.09. The van der Waals surface area contributed by atoms with E-state index in [1.165, 1.54) is 6.08 Å². The molecule has 2 rings (SSSR count). The molecule has 70 valence electrons. The van der Waals surface area contributed by atoms with Crippen molar-refractivity contribution in [3.05, 3.63) is 11.8 Å². The van der Waals surface area contributed by atoms with Crippen LogP contribution >= 0.6 is 0 Å². The summed E-state index contributed by atoms with van der Waals surface area (Å²) < 4.78 is 0. The monoisotopic (exact) mass is 181 g/mol. The van der Waals surface area contributed by atoms with E-state index in [-0.39, 0.29) is 18.1 Å². The minimum Gasteiger partial charge on any atom is -0.391 e. The molecule has 4 nitrogen and oxygen atoms in total. The molecule has 0 spiro atoms. The number of carbonyl (C=O) groups is 2. The average Bonchev–Trinajstić information content (AvgIpc) is 2.31. The smallest absolute Gasteiger partial charge is 0.223 e. The van der Waals surface area contributed by atoms with Gasteiger partial charge in [-0.3, -0.25) is 9.59 Å². The molecule has 0 aromatic heterocycles. The number of hydrogen-bond donors (Lipinski definition) is 1. The maximum atomic E-state index is 11.1. The van der Waals surface area contributed by atoms with E-state index in [1.807, 2.05) is 11.9 Å². The number of hydrogen-bond acceptors (Lipinski definition) is 4. The van der Waals surface area contributed by atoms with Crippen LogP contribution in [0.15, 0.2) is 11.8 Å². The van der Waals surface area contributed by atoms with E-state index in [4.69, 9.17) is 0 Å². The topological polar surface area (TPSA) is 57.6 Å². The molecule has 0 radical (unpaired) electrons. The van der Waals surface area contributed by atoms with Crippen LogP contribution in [0.2, 0.25) is 0 Å². The van der Waals surface area contributed by atoms with Gasteiger partial charge in [-0.05, 0) is 0 Å².